The number of para-hydroxylation sites is 1. The zero-order valence-corrected chi connectivity index (χ0v) is 17.5. The average molecular weight is 456 g/mol. The summed E-state index contributed by atoms with van der Waals surface area (Å²) in [6.07, 6.45) is 3.75. The van der Waals surface area contributed by atoms with Gasteiger partial charge in [0.2, 0.25) is 0 Å². The lowest BCUT2D eigenvalue weighted by molar-refractivity contribution is -0.0515. The maximum atomic E-state index is 12.8. The van der Waals surface area contributed by atoms with E-state index in [2.05, 4.69) is 25.0 Å². The van der Waals surface area contributed by atoms with Gasteiger partial charge >= 0.3 is 6.61 Å². The topological polar surface area (TPSA) is 89.1 Å². The molecule has 1 fully saturated rings. The number of amides is 1. The number of fused-ring (bicyclic) bond motifs is 1. The molecule has 1 aliphatic carbocycles. The number of nitrogens with one attached hydrogen (secondary N) is 2. The first-order chi connectivity index (χ1) is 15.6. The van der Waals surface area contributed by atoms with Crippen LogP contribution in [0, 0.1) is 5.92 Å². The molecule has 2 heterocycles. The number of aromatic nitrogens is 3. The molecule has 0 spiro atoms. The van der Waals surface area contributed by atoms with Crippen molar-refractivity contribution in [3.63, 3.8) is 0 Å². The van der Waals surface area contributed by atoms with Gasteiger partial charge in [-0.25, -0.2) is 9.97 Å². The van der Waals surface area contributed by atoms with Crippen molar-refractivity contribution in [3.05, 3.63) is 53.5 Å². The normalized spacial score (nSPS) is 13.5. The first-order valence-corrected chi connectivity index (χ1v) is 10.9. The average Bonchev–Trinajstić information content (AvgIpc) is 3.27. The van der Waals surface area contributed by atoms with Crippen LogP contribution in [0.1, 0.15) is 23.2 Å². The van der Waals surface area contributed by atoms with E-state index in [4.69, 9.17) is 4.74 Å². The molecule has 2 aromatic heterocycles. The predicted octanol–water partition coefficient (Wildman–Crippen LogP) is 5.33. The Morgan fingerprint density at radius 1 is 1.25 bits per heavy atom. The summed E-state index contributed by atoms with van der Waals surface area (Å²) in [6.45, 7) is -2.50. The molecule has 0 atom stereocenters. The summed E-state index contributed by atoms with van der Waals surface area (Å²) >= 11 is 1.32. The van der Waals surface area contributed by atoms with E-state index in [-0.39, 0.29) is 17.4 Å². The first-order valence-electron chi connectivity index (χ1n) is 9.98. The van der Waals surface area contributed by atoms with Crippen molar-refractivity contribution in [2.75, 3.05) is 11.9 Å². The number of H-pyrrole nitrogens is 1. The molecular weight excluding hydrogens is 438 g/mol. The minimum absolute atomic E-state index is 0.0241. The number of hydrogen-bond acceptors (Lipinski definition) is 6. The van der Waals surface area contributed by atoms with E-state index in [1.54, 1.807) is 35.8 Å². The Morgan fingerprint density at radius 3 is 2.88 bits per heavy atom. The second kappa shape index (κ2) is 8.54. The number of anilines is 1. The smallest absolute Gasteiger partial charge is 0.387 e. The summed E-state index contributed by atoms with van der Waals surface area (Å²) in [5.41, 5.74) is 2.17. The standard InChI is InChI=1S/C22H18F2N4O3S/c23-21(24)31-16-7-6-13(10-17(16)30-11-12-4-5-12)19-26-15-3-1-2-14(18(15)27-19)20(29)28-22-25-8-9-32-22/h1-3,6-10,12,21H,4-5,11H2,(H,26,27)(H,25,28,29). The van der Waals surface area contributed by atoms with Crippen molar-refractivity contribution in [1.82, 2.24) is 15.0 Å². The number of halogens is 2. The summed E-state index contributed by atoms with van der Waals surface area (Å²) in [5, 5.41) is 5.02. The Bertz CT molecular complexity index is 1260. The monoisotopic (exact) mass is 456 g/mol. The van der Waals surface area contributed by atoms with Gasteiger partial charge in [-0.2, -0.15) is 8.78 Å². The molecule has 0 unspecified atom stereocenters. The molecule has 1 aliphatic rings. The van der Waals surface area contributed by atoms with Crippen LogP contribution < -0.4 is 14.8 Å². The van der Waals surface area contributed by atoms with Crippen molar-refractivity contribution < 1.29 is 23.0 Å². The largest absolute Gasteiger partial charge is 0.489 e. The molecule has 5 rings (SSSR count). The van der Waals surface area contributed by atoms with Gasteiger partial charge in [0.25, 0.3) is 5.91 Å². The highest BCUT2D eigenvalue weighted by Crippen LogP contribution is 2.36. The fraction of sp³-hybridized carbons (Fsp3) is 0.227. The van der Waals surface area contributed by atoms with Gasteiger partial charge in [-0.05, 0) is 49.1 Å². The van der Waals surface area contributed by atoms with Crippen molar-refractivity contribution in [1.29, 1.82) is 0 Å². The quantitative estimate of drug-likeness (QED) is 0.374. The number of carbonyl (C=O) groups is 1. The summed E-state index contributed by atoms with van der Waals surface area (Å²) in [5.74, 6) is 0.816. The minimum atomic E-state index is -2.95. The summed E-state index contributed by atoms with van der Waals surface area (Å²) < 4.78 is 35.9. The molecule has 1 amide bonds. The third kappa shape index (κ3) is 4.40. The van der Waals surface area contributed by atoms with E-state index in [0.717, 1.165) is 12.8 Å². The number of imidazole rings is 1. The predicted molar refractivity (Wildman–Crippen MR) is 116 cm³/mol. The van der Waals surface area contributed by atoms with E-state index in [1.165, 1.54) is 17.4 Å². The van der Waals surface area contributed by atoms with Crippen LogP contribution in [0.5, 0.6) is 11.5 Å². The molecule has 0 aliphatic heterocycles. The van der Waals surface area contributed by atoms with Gasteiger partial charge in [0, 0.05) is 17.1 Å². The number of carbonyl (C=O) groups excluding carboxylic acids is 1. The van der Waals surface area contributed by atoms with Crippen LogP contribution >= 0.6 is 11.3 Å². The summed E-state index contributed by atoms with van der Waals surface area (Å²) in [6, 6.07) is 9.92. The number of hydrogen-bond donors (Lipinski definition) is 2. The van der Waals surface area contributed by atoms with Gasteiger partial charge < -0.3 is 14.5 Å². The van der Waals surface area contributed by atoms with Gasteiger partial charge in [0.1, 0.15) is 11.3 Å². The SMILES string of the molecule is O=C(Nc1nccs1)c1cccc2[nH]c(-c3ccc(OC(F)F)c(OCC4CC4)c3)nc12. The molecule has 10 heteroatoms. The maximum Gasteiger partial charge on any atom is 0.387 e. The molecule has 0 bridgehead atoms. The van der Waals surface area contributed by atoms with Gasteiger partial charge in [-0.1, -0.05) is 6.07 Å². The Kier molecular flexibility index (Phi) is 5.44. The van der Waals surface area contributed by atoms with Crippen LogP contribution in [0.15, 0.2) is 48.0 Å². The Balaban J connectivity index is 1.47. The van der Waals surface area contributed by atoms with Crippen molar-refractivity contribution >= 4 is 33.4 Å². The fourth-order valence-electron chi connectivity index (χ4n) is 3.26. The number of rotatable bonds is 8. The molecule has 2 N–H and O–H groups in total. The van der Waals surface area contributed by atoms with E-state index < -0.39 is 6.61 Å². The second-order valence-corrected chi connectivity index (χ2v) is 8.27. The highest BCUT2D eigenvalue weighted by atomic mass is 32.1. The number of alkyl halides is 2. The molecule has 7 nitrogen and oxygen atoms in total. The number of benzene rings is 2. The van der Waals surface area contributed by atoms with Gasteiger partial charge in [0.15, 0.2) is 16.6 Å². The number of nitrogens with zero attached hydrogens (tertiary/aromatic N) is 2. The number of ether oxygens (including phenoxy) is 2. The zero-order chi connectivity index (χ0) is 22.1. The van der Waals surface area contributed by atoms with E-state index in [1.807, 2.05) is 6.07 Å². The molecule has 0 saturated heterocycles. The van der Waals surface area contributed by atoms with Gasteiger partial charge in [-0.15, -0.1) is 11.3 Å². The minimum Gasteiger partial charge on any atom is -0.489 e. The molecule has 164 valence electrons. The zero-order valence-electron chi connectivity index (χ0n) is 16.7. The molecule has 0 radical (unpaired) electrons. The lowest BCUT2D eigenvalue weighted by Gasteiger charge is -2.13. The highest BCUT2D eigenvalue weighted by molar-refractivity contribution is 7.13. The lowest BCUT2D eigenvalue weighted by Crippen LogP contribution is -2.12. The van der Waals surface area contributed by atoms with Crippen molar-refractivity contribution in [2.45, 2.75) is 19.5 Å². The third-order valence-corrected chi connectivity index (χ3v) is 5.70. The molecule has 1 saturated carbocycles. The first kappa shape index (κ1) is 20.4. The van der Waals surface area contributed by atoms with Crippen molar-refractivity contribution in [2.24, 2.45) is 5.92 Å². The second-order valence-electron chi connectivity index (χ2n) is 7.37. The van der Waals surface area contributed by atoms with Crippen LogP contribution in [0.3, 0.4) is 0 Å². The van der Waals surface area contributed by atoms with Gasteiger partial charge in [0.05, 0.1) is 17.7 Å². The Hall–Kier alpha value is -3.53. The number of aromatic amines is 1. The summed E-state index contributed by atoms with van der Waals surface area (Å²) in [7, 11) is 0. The molecular formula is C22H18F2N4O3S. The Labute approximate surface area is 185 Å². The highest BCUT2D eigenvalue weighted by Gasteiger charge is 2.23. The van der Waals surface area contributed by atoms with Crippen LogP contribution in [0.4, 0.5) is 13.9 Å². The number of thiazole rings is 1. The van der Waals surface area contributed by atoms with Crippen LogP contribution in [-0.2, 0) is 0 Å². The Morgan fingerprint density at radius 2 is 2.12 bits per heavy atom. The molecule has 2 aromatic carbocycles. The van der Waals surface area contributed by atoms with Crippen LogP contribution in [0.25, 0.3) is 22.4 Å². The van der Waals surface area contributed by atoms with Crippen LogP contribution in [-0.4, -0.2) is 34.1 Å². The third-order valence-electron chi connectivity index (χ3n) is 5.01. The molecule has 4 aromatic rings. The van der Waals surface area contributed by atoms with Crippen molar-refractivity contribution in [3.8, 4) is 22.9 Å². The summed E-state index contributed by atoms with van der Waals surface area (Å²) in [4.78, 5) is 24.6. The van der Waals surface area contributed by atoms with E-state index in [9.17, 15) is 13.6 Å². The van der Waals surface area contributed by atoms with E-state index >= 15 is 0 Å². The maximum absolute atomic E-state index is 12.8. The lowest BCUT2D eigenvalue weighted by atomic mass is 10.1. The fourth-order valence-corrected chi connectivity index (χ4v) is 3.78. The van der Waals surface area contributed by atoms with E-state index in [0.29, 0.717) is 45.6 Å². The van der Waals surface area contributed by atoms with Gasteiger partial charge in [-0.3, -0.25) is 10.1 Å². The van der Waals surface area contributed by atoms with Crippen LogP contribution in [0.2, 0.25) is 0 Å². The molecule has 32 heavy (non-hydrogen) atoms.